The average molecular weight is 308 g/mol. The molecule has 1 aliphatic heterocycles. The summed E-state index contributed by atoms with van der Waals surface area (Å²) in [7, 11) is -3.36. The lowest BCUT2D eigenvalue weighted by Gasteiger charge is -2.21. The van der Waals surface area contributed by atoms with E-state index in [0.29, 0.717) is 17.4 Å². The fraction of sp³-hybridized carbons (Fsp3) is 0.625. The molecule has 0 amide bonds. The number of benzene rings is 1. The summed E-state index contributed by atoms with van der Waals surface area (Å²) < 4.78 is 27.4. The van der Waals surface area contributed by atoms with Crippen LogP contribution >= 0.6 is 0 Å². The van der Waals surface area contributed by atoms with Crippen molar-refractivity contribution in [3.63, 3.8) is 0 Å². The second-order valence-electron chi connectivity index (χ2n) is 6.19. The molecule has 1 fully saturated rings. The molecule has 0 radical (unpaired) electrons. The van der Waals surface area contributed by atoms with Crippen LogP contribution in [0.25, 0.3) is 0 Å². The van der Waals surface area contributed by atoms with Crippen molar-refractivity contribution in [1.29, 1.82) is 0 Å². The standard InChI is InChI=1S/C16H24N2O2S/c19-21(20,18-11-8-13-4-2-1-3-5-13)15-6-7-16-14(12-15)9-10-17-16/h6-7,12-13,17-18H,1-5,8-11H2. The van der Waals surface area contributed by atoms with Gasteiger partial charge in [0.2, 0.25) is 10.0 Å². The van der Waals surface area contributed by atoms with E-state index in [1.165, 1.54) is 32.1 Å². The van der Waals surface area contributed by atoms with Crippen LogP contribution in [0.3, 0.4) is 0 Å². The molecule has 0 unspecified atom stereocenters. The van der Waals surface area contributed by atoms with Crippen molar-refractivity contribution in [1.82, 2.24) is 4.72 Å². The first-order valence-electron chi connectivity index (χ1n) is 8.02. The Bertz CT molecular complexity index is 592. The van der Waals surface area contributed by atoms with Crippen LogP contribution in [0.5, 0.6) is 0 Å². The summed E-state index contributed by atoms with van der Waals surface area (Å²) in [4.78, 5) is 0.397. The van der Waals surface area contributed by atoms with E-state index in [1.54, 1.807) is 12.1 Å². The van der Waals surface area contributed by atoms with E-state index in [-0.39, 0.29) is 0 Å². The number of fused-ring (bicyclic) bond motifs is 1. The van der Waals surface area contributed by atoms with Gasteiger partial charge in [0, 0.05) is 18.8 Å². The monoisotopic (exact) mass is 308 g/mol. The minimum atomic E-state index is -3.36. The van der Waals surface area contributed by atoms with Gasteiger partial charge in [0.05, 0.1) is 4.90 Å². The second-order valence-corrected chi connectivity index (χ2v) is 7.95. The molecule has 1 saturated carbocycles. The van der Waals surface area contributed by atoms with E-state index >= 15 is 0 Å². The predicted octanol–water partition coefficient (Wildman–Crippen LogP) is 2.90. The van der Waals surface area contributed by atoms with Gasteiger partial charge in [0.15, 0.2) is 0 Å². The van der Waals surface area contributed by atoms with Gasteiger partial charge >= 0.3 is 0 Å². The molecule has 5 heteroatoms. The third-order valence-electron chi connectivity index (χ3n) is 4.67. The quantitative estimate of drug-likeness (QED) is 0.879. The molecule has 1 heterocycles. The maximum Gasteiger partial charge on any atom is 0.240 e. The smallest absolute Gasteiger partial charge is 0.240 e. The fourth-order valence-corrected chi connectivity index (χ4v) is 4.50. The van der Waals surface area contributed by atoms with Crippen LogP contribution in [0, 0.1) is 5.92 Å². The Kier molecular flexibility index (Phi) is 4.50. The molecule has 21 heavy (non-hydrogen) atoms. The molecule has 0 saturated heterocycles. The zero-order valence-electron chi connectivity index (χ0n) is 12.4. The topological polar surface area (TPSA) is 58.2 Å². The number of nitrogens with one attached hydrogen (secondary N) is 2. The van der Waals surface area contributed by atoms with E-state index in [4.69, 9.17) is 0 Å². The van der Waals surface area contributed by atoms with Crippen LogP contribution in [0.1, 0.15) is 44.1 Å². The molecular formula is C16H24N2O2S. The van der Waals surface area contributed by atoms with Gasteiger partial charge in [0.25, 0.3) is 0 Å². The van der Waals surface area contributed by atoms with Crippen LogP contribution in [0.4, 0.5) is 5.69 Å². The highest BCUT2D eigenvalue weighted by Crippen LogP contribution is 2.27. The van der Waals surface area contributed by atoms with Crippen LogP contribution in [-0.2, 0) is 16.4 Å². The Morgan fingerprint density at radius 2 is 2.00 bits per heavy atom. The van der Waals surface area contributed by atoms with Crippen LogP contribution in [0.15, 0.2) is 23.1 Å². The molecule has 1 aromatic rings. The molecule has 0 bridgehead atoms. The number of anilines is 1. The van der Waals surface area contributed by atoms with Crippen molar-refractivity contribution in [2.24, 2.45) is 5.92 Å². The zero-order chi connectivity index (χ0) is 14.7. The van der Waals surface area contributed by atoms with Crippen molar-refractivity contribution >= 4 is 15.7 Å². The molecule has 1 aromatic carbocycles. The molecule has 2 aliphatic rings. The Balaban J connectivity index is 1.58. The summed E-state index contributed by atoms with van der Waals surface area (Å²) in [5.74, 6) is 0.700. The first-order valence-corrected chi connectivity index (χ1v) is 9.50. The van der Waals surface area contributed by atoms with Crippen molar-refractivity contribution < 1.29 is 8.42 Å². The summed E-state index contributed by atoms with van der Waals surface area (Å²) in [5, 5.41) is 3.25. The molecule has 0 aromatic heterocycles. The van der Waals surface area contributed by atoms with Crippen LogP contribution in [0.2, 0.25) is 0 Å². The number of hydrogen-bond donors (Lipinski definition) is 2. The van der Waals surface area contributed by atoms with E-state index in [9.17, 15) is 8.42 Å². The SMILES string of the molecule is O=S(=O)(NCCC1CCCCC1)c1ccc2c(c1)CCN2. The van der Waals surface area contributed by atoms with Gasteiger partial charge in [-0.2, -0.15) is 0 Å². The van der Waals surface area contributed by atoms with Crippen LogP contribution < -0.4 is 10.0 Å². The van der Waals surface area contributed by atoms with Crippen molar-refractivity contribution in [2.75, 3.05) is 18.4 Å². The van der Waals surface area contributed by atoms with Crippen molar-refractivity contribution in [2.45, 2.75) is 49.8 Å². The third-order valence-corrected chi connectivity index (χ3v) is 6.12. The first-order chi connectivity index (χ1) is 10.1. The highest BCUT2D eigenvalue weighted by atomic mass is 32.2. The van der Waals surface area contributed by atoms with E-state index in [2.05, 4.69) is 10.0 Å². The average Bonchev–Trinajstić information content (AvgIpc) is 2.95. The van der Waals surface area contributed by atoms with Gasteiger partial charge in [-0.05, 0) is 42.5 Å². The van der Waals surface area contributed by atoms with Crippen molar-refractivity contribution in [3.8, 4) is 0 Å². The van der Waals surface area contributed by atoms with Gasteiger partial charge in [-0.3, -0.25) is 0 Å². The lowest BCUT2D eigenvalue weighted by atomic mass is 9.87. The Labute approximate surface area is 127 Å². The summed E-state index contributed by atoms with van der Waals surface area (Å²) in [6.45, 7) is 1.45. The summed E-state index contributed by atoms with van der Waals surface area (Å²) in [5.41, 5.74) is 2.17. The predicted molar refractivity (Wildman–Crippen MR) is 85.0 cm³/mol. The highest BCUT2D eigenvalue weighted by Gasteiger charge is 2.19. The maximum atomic E-state index is 12.3. The lowest BCUT2D eigenvalue weighted by molar-refractivity contribution is 0.339. The normalized spacial score (nSPS) is 19.2. The molecule has 0 atom stereocenters. The Hall–Kier alpha value is -1.07. The minimum Gasteiger partial charge on any atom is -0.384 e. The van der Waals surface area contributed by atoms with Gasteiger partial charge in [-0.15, -0.1) is 0 Å². The van der Waals surface area contributed by atoms with E-state index in [1.807, 2.05) is 6.07 Å². The van der Waals surface area contributed by atoms with Gasteiger partial charge in [-0.1, -0.05) is 32.1 Å². The Morgan fingerprint density at radius 1 is 1.19 bits per heavy atom. The number of hydrogen-bond acceptors (Lipinski definition) is 3. The van der Waals surface area contributed by atoms with Crippen LogP contribution in [-0.4, -0.2) is 21.5 Å². The molecule has 2 N–H and O–H groups in total. The summed E-state index contributed by atoms with van der Waals surface area (Å²) in [6, 6.07) is 5.37. The number of rotatable bonds is 5. The largest absolute Gasteiger partial charge is 0.384 e. The molecular weight excluding hydrogens is 284 g/mol. The molecule has 3 rings (SSSR count). The maximum absolute atomic E-state index is 12.3. The fourth-order valence-electron chi connectivity index (χ4n) is 3.40. The highest BCUT2D eigenvalue weighted by molar-refractivity contribution is 7.89. The third kappa shape index (κ3) is 3.58. The molecule has 4 nitrogen and oxygen atoms in total. The molecule has 1 aliphatic carbocycles. The first kappa shape index (κ1) is 14.9. The number of sulfonamides is 1. The summed E-state index contributed by atoms with van der Waals surface area (Å²) >= 11 is 0. The van der Waals surface area contributed by atoms with E-state index in [0.717, 1.165) is 30.6 Å². The van der Waals surface area contributed by atoms with Gasteiger partial charge in [-0.25, -0.2) is 13.1 Å². The lowest BCUT2D eigenvalue weighted by Crippen LogP contribution is -2.26. The van der Waals surface area contributed by atoms with Crippen molar-refractivity contribution in [3.05, 3.63) is 23.8 Å². The van der Waals surface area contributed by atoms with Gasteiger partial charge in [0.1, 0.15) is 0 Å². The van der Waals surface area contributed by atoms with Gasteiger partial charge < -0.3 is 5.32 Å². The molecule has 116 valence electrons. The Morgan fingerprint density at radius 3 is 2.81 bits per heavy atom. The van der Waals surface area contributed by atoms with E-state index < -0.39 is 10.0 Å². The summed E-state index contributed by atoms with van der Waals surface area (Å²) in [6.07, 6.45) is 8.32. The molecule has 0 spiro atoms. The second kappa shape index (κ2) is 6.36. The minimum absolute atomic E-state index is 0.397. The zero-order valence-corrected chi connectivity index (χ0v) is 13.2.